The molecule has 0 fully saturated rings. The summed E-state index contributed by atoms with van der Waals surface area (Å²) in [5, 5.41) is 27.4. The highest BCUT2D eigenvalue weighted by molar-refractivity contribution is 5.96. The van der Waals surface area contributed by atoms with Crippen molar-refractivity contribution in [1.82, 2.24) is 9.97 Å². The van der Waals surface area contributed by atoms with Crippen molar-refractivity contribution in [2.75, 3.05) is 39.8 Å². The van der Waals surface area contributed by atoms with Gasteiger partial charge in [0.15, 0.2) is 18.1 Å². The Morgan fingerprint density at radius 3 is 2.18 bits per heavy atom. The molecule has 0 spiro atoms. The van der Waals surface area contributed by atoms with Gasteiger partial charge in [-0.3, -0.25) is 0 Å². The zero-order valence-electron chi connectivity index (χ0n) is 18.9. The van der Waals surface area contributed by atoms with Crippen LogP contribution in [0.2, 0.25) is 0 Å². The molecule has 2 aromatic rings. The van der Waals surface area contributed by atoms with Crippen LogP contribution in [-0.4, -0.2) is 76.9 Å². The molecule has 0 radical (unpaired) electrons. The van der Waals surface area contributed by atoms with Gasteiger partial charge in [-0.1, -0.05) is 0 Å². The van der Waals surface area contributed by atoms with E-state index in [1.54, 1.807) is 27.4 Å². The number of ether oxygens (including phenoxy) is 3. The van der Waals surface area contributed by atoms with Gasteiger partial charge in [0.2, 0.25) is 5.75 Å². The van der Waals surface area contributed by atoms with E-state index in [4.69, 9.17) is 29.6 Å². The minimum Gasteiger partial charge on any atom is -0.493 e. The van der Waals surface area contributed by atoms with Crippen molar-refractivity contribution in [1.29, 1.82) is 0 Å². The third-order valence-electron chi connectivity index (χ3n) is 4.12. The van der Waals surface area contributed by atoms with E-state index < -0.39 is 17.0 Å². The Balaban J connectivity index is 0.000000620. The summed E-state index contributed by atoms with van der Waals surface area (Å²) in [5.74, 6) is -0.372. The van der Waals surface area contributed by atoms with Crippen LogP contribution in [0.5, 0.6) is 17.2 Å². The van der Waals surface area contributed by atoms with Crippen LogP contribution in [0, 0.1) is 4.91 Å². The highest BCUT2D eigenvalue weighted by atomic mass is 16.9. The van der Waals surface area contributed by atoms with Gasteiger partial charge in [0.25, 0.3) is 0 Å². The number of nitrogens with zero attached hydrogens (tertiary/aromatic N) is 3. The second kappa shape index (κ2) is 14.7. The molecule has 34 heavy (non-hydrogen) atoms. The fourth-order valence-electron chi connectivity index (χ4n) is 2.70. The lowest BCUT2D eigenvalue weighted by atomic mass is 10.1. The summed E-state index contributed by atoms with van der Waals surface area (Å²) in [5.41, 5.74) is 0.620. The average molecular weight is 483 g/mol. The number of fused-ring (bicyclic) bond motifs is 1. The number of nitrogens with one attached hydrogen (secondary N) is 1. The van der Waals surface area contributed by atoms with Crippen molar-refractivity contribution in [2.45, 2.75) is 19.3 Å². The summed E-state index contributed by atoms with van der Waals surface area (Å²) in [4.78, 5) is 42.3. The molecule has 0 saturated heterocycles. The zero-order valence-corrected chi connectivity index (χ0v) is 18.9. The molecule has 1 aromatic carbocycles. The SMILES string of the molecule is COc1cc2c(NCCCCCO[N+](=O)O)ncnc2c(OC)c1OC.O=C(O)/C=C\C(=O)O. The number of hydrogen-bond acceptors (Lipinski definition) is 10. The van der Waals surface area contributed by atoms with Crippen LogP contribution in [0.1, 0.15) is 19.3 Å². The van der Waals surface area contributed by atoms with Gasteiger partial charge in [0.05, 0.1) is 26.7 Å². The highest BCUT2D eigenvalue weighted by Gasteiger charge is 2.19. The fraction of sp³-hybridized carbons (Fsp3) is 0.400. The van der Waals surface area contributed by atoms with E-state index in [1.165, 1.54) is 6.33 Å². The summed E-state index contributed by atoms with van der Waals surface area (Å²) >= 11 is 0. The van der Waals surface area contributed by atoms with Gasteiger partial charge in [-0.25, -0.2) is 24.8 Å². The quantitative estimate of drug-likeness (QED) is 0.184. The van der Waals surface area contributed by atoms with Gasteiger partial charge >= 0.3 is 17.0 Å². The number of unbranched alkanes of at least 4 members (excludes halogenated alkanes) is 2. The second-order valence-electron chi connectivity index (χ2n) is 6.33. The van der Waals surface area contributed by atoms with Gasteiger partial charge in [-0.15, -0.1) is 0 Å². The first-order valence-electron chi connectivity index (χ1n) is 9.85. The van der Waals surface area contributed by atoms with Crippen LogP contribution < -0.4 is 19.5 Å². The third kappa shape index (κ3) is 9.02. The minimum absolute atomic E-state index is 0.171. The lowest BCUT2D eigenvalue weighted by Gasteiger charge is -2.15. The maximum absolute atomic E-state index is 10.2. The van der Waals surface area contributed by atoms with E-state index in [1.807, 2.05) is 0 Å². The Bertz CT molecular complexity index is 997. The van der Waals surface area contributed by atoms with E-state index >= 15 is 0 Å². The number of benzene rings is 1. The van der Waals surface area contributed by atoms with Gasteiger partial charge in [-0.05, 0) is 25.3 Å². The number of carboxylic acid groups (broad SMARTS) is 2. The normalized spacial score (nSPS) is 10.2. The lowest BCUT2D eigenvalue weighted by molar-refractivity contribution is -0.975. The number of aromatic nitrogens is 2. The van der Waals surface area contributed by atoms with Crippen molar-refractivity contribution in [3.8, 4) is 17.2 Å². The van der Waals surface area contributed by atoms with Gasteiger partial charge in [-0.2, -0.15) is 4.84 Å². The molecule has 0 aliphatic heterocycles. The summed E-state index contributed by atoms with van der Waals surface area (Å²) < 4.78 is 16.2. The molecule has 0 aliphatic carbocycles. The number of rotatable bonds is 13. The first kappa shape index (κ1) is 27.7. The predicted molar refractivity (Wildman–Crippen MR) is 117 cm³/mol. The molecule has 186 valence electrons. The Morgan fingerprint density at radius 1 is 1.00 bits per heavy atom. The largest absolute Gasteiger partial charge is 0.493 e. The van der Waals surface area contributed by atoms with Crippen LogP contribution in [-0.2, 0) is 14.4 Å². The number of carbonyl (C=O) groups is 2. The van der Waals surface area contributed by atoms with E-state index in [9.17, 15) is 14.5 Å². The molecule has 0 aliphatic rings. The van der Waals surface area contributed by atoms with Crippen LogP contribution in [0.25, 0.3) is 10.9 Å². The molecular formula is C20H27N4O10+. The molecule has 2 rings (SSSR count). The summed E-state index contributed by atoms with van der Waals surface area (Å²) in [6.07, 6.45) is 4.89. The number of anilines is 1. The first-order valence-corrected chi connectivity index (χ1v) is 9.85. The number of methoxy groups -OCH3 is 3. The molecule has 0 atom stereocenters. The standard InChI is InChI=1S/C16H23N4O6.C4H4O4/c1-23-12-9-11-13(15(25-3)14(12)24-2)18-10-19-16(11)17-7-5-4-6-8-26-20(21)22;5-3(6)1-2-4(7)8/h9-10H,4-8H2,1-3H3,(H,21,22)(H,17,18,19);1-2H,(H,5,6)(H,7,8)/q+1;/b;2-1-. The van der Waals surface area contributed by atoms with Crippen LogP contribution in [0.3, 0.4) is 0 Å². The van der Waals surface area contributed by atoms with E-state index in [0.717, 1.165) is 18.2 Å². The number of aliphatic carboxylic acids is 2. The van der Waals surface area contributed by atoms with Crippen molar-refractivity contribution in [3.05, 3.63) is 29.5 Å². The van der Waals surface area contributed by atoms with Gasteiger partial charge in [0.1, 0.15) is 22.6 Å². The second-order valence-corrected chi connectivity index (χ2v) is 6.33. The molecule has 1 heterocycles. The lowest BCUT2D eigenvalue weighted by Crippen LogP contribution is -2.07. The summed E-state index contributed by atoms with van der Waals surface area (Å²) in [6, 6.07) is 1.80. The Labute approximate surface area is 194 Å². The first-order chi connectivity index (χ1) is 16.2. The smallest absolute Gasteiger partial charge is 0.475 e. The van der Waals surface area contributed by atoms with E-state index in [0.29, 0.717) is 53.7 Å². The van der Waals surface area contributed by atoms with Crippen LogP contribution in [0.4, 0.5) is 5.82 Å². The Kier molecular flexibility index (Phi) is 11.9. The number of hydrogen-bond donors (Lipinski definition) is 4. The molecule has 0 amide bonds. The maximum Gasteiger partial charge on any atom is 0.475 e. The molecule has 14 nitrogen and oxygen atoms in total. The Hall–Kier alpha value is -4.36. The van der Waals surface area contributed by atoms with Crippen molar-refractivity contribution < 1.29 is 49.1 Å². The highest BCUT2D eigenvalue weighted by Crippen LogP contribution is 2.43. The summed E-state index contributed by atoms with van der Waals surface area (Å²) in [6.45, 7) is 0.841. The van der Waals surface area contributed by atoms with E-state index in [-0.39, 0.29) is 6.61 Å². The third-order valence-corrected chi connectivity index (χ3v) is 4.12. The zero-order chi connectivity index (χ0) is 25.5. The van der Waals surface area contributed by atoms with Gasteiger partial charge in [0, 0.05) is 18.7 Å². The van der Waals surface area contributed by atoms with Crippen LogP contribution in [0.15, 0.2) is 24.5 Å². The van der Waals surface area contributed by atoms with Gasteiger partial charge < -0.3 is 29.7 Å². The minimum atomic E-state index is -1.26. The monoisotopic (exact) mass is 483 g/mol. The molecule has 14 heteroatoms. The van der Waals surface area contributed by atoms with Crippen molar-refractivity contribution >= 4 is 28.7 Å². The molecule has 0 unspecified atom stereocenters. The fourth-order valence-corrected chi connectivity index (χ4v) is 2.70. The molecule has 4 N–H and O–H groups in total. The number of carboxylic acids is 2. The Morgan fingerprint density at radius 2 is 1.65 bits per heavy atom. The van der Waals surface area contributed by atoms with E-state index in [2.05, 4.69) is 20.1 Å². The van der Waals surface area contributed by atoms with Crippen LogP contribution >= 0.6 is 0 Å². The predicted octanol–water partition coefficient (Wildman–Crippen LogP) is 2.05. The molecule has 0 saturated carbocycles. The summed E-state index contributed by atoms with van der Waals surface area (Å²) in [7, 11) is 4.64. The molecular weight excluding hydrogens is 456 g/mol. The topological polar surface area (TPSA) is 190 Å². The van der Waals surface area contributed by atoms with Crippen molar-refractivity contribution in [3.63, 3.8) is 0 Å². The average Bonchev–Trinajstić information content (AvgIpc) is 2.81. The van der Waals surface area contributed by atoms with Crippen molar-refractivity contribution in [2.24, 2.45) is 0 Å². The maximum atomic E-state index is 10.2. The molecule has 1 aromatic heterocycles. The molecule has 0 bridgehead atoms.